The Morgan fingerprint density at radius 2 is 2.41 bits per heavy atom. The molecule has 1 fully saturated rings. The lowest BCUT2D eigenvalue weighted by atomic mass is 9.77. The molecule has 2 rings (SSSR count). The molecule has 1 aliphatic rings. The molecule has 1 aromatic rings. The van der Waals surface area contributed by atoms with Gasteiger partial charge in [-0.3, -0.25) is 0 Å². The number of rotatable bonds is 4. The molecule has 2 unspecified atom stereocenters. The molecule has 1 aliphatic carbocycles. The van der Waals surface area contributed by atoms with Crippen LogP contribution < -0.4 is 11.1 Å². The molecule has 1 aromatic heterocycles. The lowest BCUT2D eigenvalue weighted by Gasteiger charge is -2.37. The summed E-state index contributed by atoms with van der Waals surface area (Å²) in [6, 6.07) is 2.18. The second kappa shape index (κ2) is 5.51. The number of hydrogen-bond acceptors (Lipinski definition) is 3. The standard InChI is InChI=1S/C14H24N2S/c1-11-4-3-6-14(15,8-11)10-16-9-13-12(2)5-7-17-13/h5,7,11,16H,3-4,6,8-10,15H2,1-2H3. The van der Waals surface area contributed by atoms with Gasteiger partial charge in [0.1, 0.15) is 0 Å². The first kappa shape index (κ1) is 13.1. The number of nitrogens with two attached hydrogens (primary N) is 1. The van der Waals surface area contributed by atoms with Crippen molar-refractivity contribution in [1.29, 1.82) is 0 Å². The zero-order valence-electron chi connectivity index (χ0n) is 11.0. The Bertz CT molecular complexity index is 361. The lowest BCUT2D eigenvalue weighted by Crippen LogP contribution is -2.51. The second-order valence-corrected chi connectivity index (χ2v) is 6.69. The summed E-state index contributed by atoms with van der Waals surface area (Å²) < 4.78 is 0. The Hall–Kier alpha value is -0.380. The molecule has 1 heterocycles. The van der Waals surface area contributed by atoms with Gasteiger partial charge in [-0.2, -0.15) is 0 Å². The minimum Gasteiger partial charge on any atom is -0.324 e. The van der Waals surface area contributed by atoms with Crippen LogP contribution in [0.25, 0.3) is 0 Å². The van der Waals surface area contributed by atoms with E-state index in [0.29, 0.717) is 0 Å². The quantitative estimate of drug-likeness (QED) is 0.864. The lowest BCUT2D eigenvalue weighted by molar-refractivity contribution is 0.229. The molecule has 3 N–H and O–H groups in total. The van der Waals surface area contributed by atoms with Crippen molar-refractivity contribution in [2.75, 3.05) is 6.54 Å². The highest BCUT2D eigenvalue weighted by Gasteiger charge is 2.30. The number of thiophene rings is 1. The van der Waals surface area contributed by atoms with Gasteiger partial charge in [0, 0.05) is 23.5 Å². The van der Waals surface area contributed by atoms with E-state index in [4.69, 9.17) is 5.73 Å². The van der Waals surface area contributed by atoms with Crippen LogP contribution in [-0.2, 0) is 6.54 Å². The van der Waals surface area contributed by atoms with E-state index in [9.17, 15) is 0 Å². The first-order valence-electron chi connectivity index (χ1n) is 6.62. The van der Waals surface area contributed by atoms with Crippen LogP contribution in [0.1, 0.15) is 43.0 Å². The van der Waals surface area contributed by atoms with E-state index in [-0.39, 0.29) is 5.54 Å². The molecule has 0 bridgehead atoms. The maximum absolute atomic E-state index is 6.47. The molecule has 0 aromatic carbocycles. The summed E-state index contributed by atoms with van der Waals surface area (Å²) in [7, 11) is 0. The predicted octanol–water partition coefficient (Wildman–Crippen LogP) is 3.05. The molecule has 17 heavy (non-hydrogen) atoms. The van der Waals surface area contributed by atoms with E-state index in [0.717, 1.165) is 19.0 Å². The molecule has 0 aliphatic heterocycles. The maximum atomic E-state index is 6.47. The third-order valence-corrected chi connectivity index (χ3v) is 4.88. The first-order chi connectivity index (χ1) is 8.09. The Balaban J connectivity index is 1.79. The molecule has 96 valence electrons. The van der Waals surface area contributed by atoms with Crippen molar-refractivity contribution in [3.63, 3.8) is 0 Å². The van der Waals surface area contributed by atoms with E-state index in [1.54, 1.807) is 0 Å². The van der Waals surface area contributed by atoms with Gasteiger partial charge in [-0.25, -0.2) is 0 Å². The van der Waals surface area contributed by atoms with Gasteiger partial charge in [0.15, 0.2) is 0 Å². The average molecular weight is 252 g/mol. The van der Waals surface area contributed by atoms with E-state index >= 15 is 0 Å². The van der Waals surface area contributed by atoms with Crippen molar-refractivity contribution in [1.82, 2.24) is 5.32 Å². The fourth-order valence-corrected chi connectivity index (χ4v) is 3.75. The largest absolute Gasteiger partial charge is 0.324 e. The predicted molar refractivity (Wildman–Crippen MR) is 75.3 cm³/mol. The van der Waals surface area contributed by atoms with Gasteiger partial charge in [0.05, 0.1) is 0 Å². The zero-order chi connectivity index (χ0) is 12.3. The third-order valence-electron chi connectivity index (χ3n) is 3.86. The van der Waals surface area contributed by atoms with Gasteiger partial charge in [-0.1, -0.05) is 19.8 Å². The summed E-state index contributed by atoms with van der Waals surface area (Å²) in [6.07, 6.45) is 4.98. The van der Waals surface area contributed by atoms with Crippen LogP contribution in [0, 0.1) is 12.8 Å². The Morgan fingerprint density at radius 1 is 1.59 bits per heavy atom. The highest BCUT2D eigenvalue weighted by Crippen LogP contribution is 2.30. The monoisotopic (exact) mass is 252 g/mol. The van der Waals surface area contributed by atoms with Gasteiger partial charge < -0.3 is 11.1 Å². The summed E-state index contributed by atoms with van der Waals surface area (Å²) in [5.74, 6) is 0.791. The van der Waals surface area contributed by atoms with Gasteiger partial charge in [0.2, 0.25) is 0 Å². The minimum atomic E-state index is 0.0306. The van der Waals surface area contributed by atoms with Crippen molar-refractivity contribution in [2.24, 2.45) is 11.7 Å². The molecule has 0 radical (unpaired) electrons. The SMILES string of the molecule is Cc1ccsc1CNCC1(N)CCCC(C)C1. The molecular weight excluding hydrogens is 228 g/mol. The zero-order valence-corrected chi connectivity index (χ0v) is 11.8. The molecule has 1 saturated carbocycles. The molecule has 0 amide bonds. The van der Waals surface area contributed by atoms with E-state index in [2.05, 4.69) is 30.6 Å². The molecule has 3 heteroatoms. The molecule has 2 atom stereocenters. The first-order valence-corrected chi connectivity index (χ1v) is 7.50. The summed E-state index contributed by atoms with van der Waals surface area (Å²) in [6.45, 7) is 6.42. The van der Waals surface area contributed by atoms with E-state index in [1.807, 2.05) is 11.3 Å². The Kier molecular flexibility index (Phi) is 4.23. The summed E-state index contributed by atoms with van der Waals surface area (Å²) in [4.78, 5) is 1.44. The van der Waals surface area contributed by atoms with Crippen LogP contribution in [0.2, 0.25) is 0 Å². The molecule has 0 spiro atoms. The topological polar surface area (TPSA) is 38.0 Å². The van der Waals surface area contributed by atoms with Crippen LogP contribution >= 0.6 is 11.3 Å². The maximum Gasteiger partial charge on any atom is 0.0303 e. The highest BCUT2D eigenvalue weighted by molar-refractivity contribution is 7.10. The van der Waals surface area contributed by atoms with E-state index in [1.165, 1.54) is 36.1 Å². The van der Waals surface area contributed by atoms with Gasteiger partial charge in [-0.15, -0.1) is 11.3 Å². The number of hydrogen-bond donors (Lipinski definition) is 2. The van der Waals surface area contributed by atoms with Crippen molar-refractivity contribution >= 4 is 11.3 Å². The van der Waals surface area contributed by atoms with Crippen LogP contribution in [0.15, 0.2) is 11.4 Å². The Morgan fingerprint density at radius 3 is 3.06 bits per heavy atom. The van der Waals surface area contributed by atoms with E-state index < -0.39 is 0 Å². The Labute approximate surface area is 109 Å². The molecule has 2 nitrogen and oxygen atoms in total. The normalized spacial score (nSPS) is 29.5. The summed E-state index contributed by atoms with van der Waals surface area (Å²) in [5, 5.41) is 5.70. The average Bonchev–Trinajstić information content (AvgIpc) is 2.64. The second-order valence-electron chi connectivity index (χ2n) is 5.69. The fourth-order valence-electron chi connectivity index (χ4n) is 2.87. The van der Waals surface area contributed by atoms with Crippen molar-refractivity contribution in [3.05, 3.63) is 21.9 Å². The van der Waals surface area contributed by atoms with Gasteiger partial charge in [0.25, 0.3) is 0 Å². The van der Waals surface area contributed by atoms with Crippen molar-refractivity contribution in [2.45, 2.75) is 51.6 Å². The van der Waals surface area contributed by atoms with Crippen LogP contribution in [0.3, 0.4) is 0 Å². The van der Waals surface area contributed by atoms with Crippen LogP contribution in [0.4, 0.5) is 0 Å². The minimum absolute atomic E-state index is 0.0306. The molecular formula is C14H24N2S. The highest BCUT2D eigenvalue weighted by atomic mass is 32.1. The number of aryl methyl sites for hydroxylation is 1. The fraction of sp³-hybridized carbons (Fsp3) is 0.714. The number of nitrogens with one attached hydrogen (secondary N) is 1. The van der Waals surface area contributed by atoms with Crippen molar-refractivity contribution < 1.29 is 0 Å². The summed E-state index contributed by atoms with van der Waals surface area (Å²) in [5.41, 5.74) is 7.89. The summed E-state index contributed by atoms with van der Waals surface area (Å²) >= 11 is 1.83. The van der Waals surface area contributed by atoms with Gasteiger partial charge in [-0.05, 0) is 42.7 Å². The van der Waals surface area contributed by atoms with Crippen molar-refractivity contribution in [3.8, 4) is 0 Å². The molecule has 0 saturated heterocycles. The smallest absolute Gasteiger partial charge is 0.0303 e. The van der Waals surface area contributed by atoms with Crippen LogP contribution in [-0.4, -0.2) is 12.1 Å². The van der Waals surface area contributed by atoms with Gasteiger partial charge >= 0.3 is 0 Å². The van der Waals surface area contributed by atoms with Crippen LogP contribution in [0.5, 0.6) is 0 Å². The third kappa shape index (κ3) is 3.54.